The van der Waals surface area contributed by atoms with Gasteiger partial charge in [0, 0.05) is 81.4 Å². The van der Waals surface area contributed by atoms with E-state index < -0.39 is 0 Å². The number of ether oxygens (including phenoxy) is 2. The molecule has 0 aliphatic carbocycles. The van der Waals surface area contributed by atoms with Gasteiger partial charge in [-0.25, -0.2) is 0 Å². The second-order valence-electron chi connectivity index (χ2n) is 18.4. The Labute approximate surface area is 383 Å². The largest absolute Gasteiger partial charge is 0.508 e. The van der Waals surface area contributed by atoms with Crippen molar-refractivity contribution in [1.82, 2.24) is 33.6 Å². The molecule has 0 saturated carbocycles. The zero-order valence-corrected chi connectivity index (χ0v) is 37.7. The van der Waals surface area contributed by atoms with E-state index in [0.717, 1.165) is 127 Å². The third-order valence-corrected chi connectivity index (χ3v) is 14.3. The molecule has 11 rings (SSSR count). The zero-order chi connectivity index (χ0) is 45.1. The van der Waals surface area contributed by atoms with Gasteiger partial charge >= 0.3 is 0 Å². The van der Waals surface area contributed by atoms with Crippen molar-refractivity contribution in [2.45, 2.75) is 71.1 Å². The normalized spacial score (nSPS) is 17.5. The van der Waals surface area contributed by atoms with Crippen LogP contribution >= 0.6 is 0 Å². The van der Waals surface area contributed by atoms with Gasteiger partial charge in [-0.05, 0) is 121 Å². The van der Waals surface area contributed by atoms with Crippen LogP contribution in [-0.2, 0) is 61.9 Å². The minimum atomic E-state index is -0.182. The topological polar surface area (TPSA) is 127 Å². The van der Waals surface area contributed by atoms with Crippen LogP contribution in [0.4, 0.5) is 0 Å². The third-order valence-electron chi connectivity index (χ3n) is 14.3. The van der Waals surface area contributed by atoms with Crippen LogP contribution in [0.2, 0.25) is 0 Å². The van der Waals surface area contributed by atoms with E-state index in [4.69, 9.17) is 14.6 Å². The van der Waals surface area contributed by atoms with E-state index in [0.29, 0.717) is 49.3 Å². The molecule has 1 saturated heterocycles. The first-order valence-corrected chi connectivity index (χ1v) is 23.5. The van der Waals surface area contributed by atoms with Crippen LogP contribution in [0.25, 0.3) is 38.9 Å². The van der Waals surface area contributed by atoms with Crippen molar-refractivity contribution >= 4 is 33.8 Å². The monoisotopic (exact) mass is 885 g/mol. The lowest BCUT2D eigenvalue weighted by molar-refractivity contribution is -0.131. The van der Waals surface area contributed by atoms with E-state index >= 15 is 4.79 Å². The number of hydrogen-bond donors (Lipinski definition) is 1. The Hall–Kier alpha value is -6.70. The summed E-state index contributed by atoms with van der Waals surface area (Å²) in [4.78, 5) is 50.4. The molecule has 7 heterocycles. The Bertz CT molecular complexity index is 3070. The molecule has 0 spiro atoms. The average Bonchev–Trinajstić information content (AvgIpc) is 3.89. The number of hydrogen-bond acceptors (Lipinski definition) is 8. The first kappa shape index (κ1) is 42.0. The van der Waals surface area contributed by atoms with Crippen LogP contribution in [0.1, 0.15) is 63.6 Å². The maximum Gasteiger partial charge on any atom is 0.265 e. The SMILES string of the molecule is C[C@@H]1Cc2ccccc2CN1C(=O)c1cc2c(cc1-c1cc3c(=O)n(-c4ccc(O)cc4)c4c5n(nc4c3n1C)CCCC5)CCN(C(=O)Cc1ccc(OCCN3CCOCC3)cc1)C2. The first-order chi connectivity index (χ1) is 32.2. The number of carbonyl (C=O) groups excluding carboxylic acids is 2. The van der Waals surface area contributed by atoms with E-state index in [2.05, 4.69) is 36.1 Å². The van der Waals surface area contributed by atoms with Gasteiger partial charge in [0.25, 0.3) is 11.5 Å². The standard InChI is InChI=1S/C53H55N7O6/c1-34-27-36-7-3-4-8-38(36)33-58(34)52(63)44-30-39-32-57(48(62)28-35-10-16-42(17-11-35)66-26-23-56-21-24-65-25-22-56)20-18-37(39)29-43(44)47-31-45-50(55(47)2)49-51(46-9-5-6-19-59(46)54-49)60(53(45)64)40-12-14-41(61)15-13-40/h3-4,7-8,10-17,29-31,34,61H,5-6,9,18-28,32-33H2,1-2H3/t34-/m1/s1. The minimum absolute atomic E-state index is 0.0326. The van der Waals surface area contributed by atoms with E-state index in [1.54, 1.807) is 28.8 Å². The van der Waals surface area contributed by atoms with Gasteiger partial charge < -0.3 is 28.9 Å². The molecule has 13 nitrogen and oxygen atoms in total. The molecule has 338 valence electrons. The molecule has 2 amide bonds. The smallest absolute Gasteiger partial charge is 0.265 e. The minimum Gasteiger partial charge on any atom is -0.508 e. The maximum atomic E-state index is 15.3. The molecule has 0 unspecified atom stereocenters. The van der Waals surface area contributed by atoms with E-state index in [-0.39, 0.29) is 35.6 Å². The van der Waals surface area contributed by atoms with Crippen molar-refractivity contribution in [2.24, 2.45) is 7.05 Å². The number of amides is 2. The van der Waals surface area contributed by atoms with Gasteiger partial charge in [-0.2, -0.15) is 5.10 Å². The van der Waals surface area contributed by atoms with Crippen LogP contribution in [0.15, 0.2) is 95.8 Å². The Morgan fingerprint density at radius 2 is 1.62 bits per heavy atom. The summed E-state index contributed by atoms with van der Waals surface area (Å²) in [5.74, 6) is 0.858. The fourth-order valence-electron chi connectivity index (χ4n) is 10.7. The van der Waals surface area contributed by atoms with Crippen molar-refractivity contribution in [3.8, 4) is 28.4 Å². The Balaban J connectivity index is 0.950. The molecule has 7 aromatic rings. The average molecular weight is 886 g/mol. The Morgan fingerprint density at radius 1 is 0.833 bits per heavy atom. The fourth-order valence-corrected chi connectivity index (χ4v) is 10.7. The predicted octanol–water partition coefficient (Wildman–Crippen LogP) is 6.81. The highest BCUT2D eigenvalue weighted by Gasteiger charge is 2.33. The van der Waals surface area contributed by atoms with Crippen LogP contribution < -0.4 is 10.3 Å². The molecule has 0 bridgehead atoms. The number of aryl methyl sites for hydroxylation is 3. The number of phenolic OH excluding ortho intramolecular Hbond substituents is 1. The van der Waals surface area contributed by atoms with Gasteiger partial charge in [0.2, 0.25) is 5.91 Å². The van der Waals surface area contributed by atoms with E-state index in [1.807, 2.05) is 68.6 Å². The zero-order valence-electron chi connectivity index (χ0n) is 37.7. The second-order valence-corrected chi connectivity index (χ2v) is 18.4. The van der Waals surface area contributed by atoms with Gasteiger partial charge in [-0.15, -0.1) is 0 Å². The number of morpholine rings is 1. The fraction of sp³-hybridized carbons (Fsp3) is 0.358. The molecule has 66 heavy (non-hydrogen) atoms. The summed E-state index contributed by atoms with van der Waals surface area (Å²) >= 11 is 0. The molecule has 13 heteroatoms. The molecule has 1 atom stereocenters. The molecular weight excluding hydrogens is 831 g/mol. The second kappa shape index (κ2) is 17.3. The number of fused-ring (bicyclic) bond motifs is 7. The lowest BCUT2D eigenvalue weighted by Crippen LogP contribution is -2.43. The van der Waals surface area contributed by atoms with Crippen LogP contribution in [0.5, 0.6) is 11.5 Å². The van der Waals surface area contributed by atoms with Gasteiger partial charge in [-0.1, -0.05) is 36.4 Å². The van der Waals surface area contributed by atoms with Gasteiger partial charge in [0.15, 0.2) is 0 Å². The number of rotatable bonds is 9. The van der Waals surface area contributed by atoms with Crippen LogP contribution in [0.3, 0.4) is 0 Å². The summed E-state index contributed by atoms with van der Waals surface area (Å²) in [5, 5.41) is 15.9. The van der Waals surface area contributed by atoms with Crippen LogP contribution in [0, 0.1) is 0 Å². The quantitative estimate of drug-likeness (QED) is 0.168. The lowest BCUT2D eigenvalue weighted by Gasteiger charge is -2.36. The number of aromatic hydroxyl groups is 1. The van der Waals surface area contributed by atoms with Gasteiger partial charge in [0.1, 0.15) is 23.6 Å². The number of carbonyl (C=O) groups is 2. The highest BCUT2D eigenvalue weighted by molar-refractivity contribution is 6.07. The molecular formula is C53H55N7O6. The van der Waals surface area contributed by atoms with Crippen molar-refractivity contribution in [2.75, 3.05) is 46.0 Å². The molecule has 4 aliphatic rings. The maximum absolute atomic E-state index is 15.3. The first-order valence-electron chi connectivity index (χ1n) is 23.5. The van der Waals surface area contributed by atoms with E-state index in [1.165, 1.54) is 5.56 Å². The van der Waals surface area contributed by atoms with Crippen molar-refractivity contribution in [1.29, 1.82) is 0 Å². The summed E-state index contributed by atoms with van der Waals surface area (Å²) in [7, 11) is 1.97. The Morgan fingerprint density at radius 3 is 2.42 bits per heavy atom. The van der Waals surface area contributed by atoms with Crippen LogP contribution in [-0.4, -0.2) is 103 Å². The predicted molar refractivity (Wildman–Crippen MR) is 253 cm³/mol. The van der Waals surface area contributed by atoms with E-state index in [9.17, 15) is 14.7 Å². The summed E-state index contributed by atoms with van der Waals surface area (Å²) in [6.45, 7) is 9.11. The number of pyridine rings is 1. The molecule has 3 aromatic heterocycles. The summed E-state index contributed by atoms with van der Waals surface area (Å²) in [5.41, 5.74) is 11.1. The summed E-state index contributed by atoms with van der Waals surface area (Å²) in [6, 6.07) is 28.9. The van der Waals surface area contributed by atoms with Gasteiger partial charge in [-0.3, -0.25) is 28.5 Å². The molecule has 1 N–H and O–H groups in total. The Kier molecular flexibility index (Phi) is 11.0. The van der Waals surface area contributed by atoms with Crippen molar-refractivity contribution in [3.05, 3.63) is 140 Å². The third kappa shape index (κ3) is 7.63. The summed E-state index contributed by atoms with van der Waals surface area (Å²) < 4.78 is 17.3. The number of benzene rings is 4. The molecule has 1 fully saturated rings. The van der Waals surface area contributed by atoms with Gasteiger partial charge in [0.05, 0.1) is 41.7 Å². The number of aromatic nitrogens is 4. The number of phenols is 1. The lowest BCUT2D eigenvalue weighted by atomic mass is 9.89. The molecule has 0 radical (unpaired) electrons. The van der Waals surface area contributed by atoms with Crippen molar-refractivity contribution in [3.63, 3.8) is 0 Å². The highest BCUT2D eigenvalue weighted by atomic mass is 16.5. The number of nitrogens with zero attached hydrogens (tertiary/aromatic N) is 7. The summed E-state index contributed by atoms with van der Waals surface area (Å²) in [6.07, 6.45) is 4.45. The highest BCUT2D eigenvalue weighted by Crippen LogP contribution is 2.38. The van der Waals surface area contributed by atoms with Crippen molar-refractivity contribution < 1.29 is 24.2 Å². The molecule has 4 aromatic carbocycles. The molecule has 4 aliphatic heterocycles.